The van der Waals surface area contributed by atoms with Crippen LogP contribution in [0.15, 0.2) is 11.2 Å². The van der Waals surface area contributed by atoms with Gasteiger partial charge in [0.2, 0.25) is 0 Å². The van der Waals surface area contributed by atoms with Crippen LogP contribution in [0.4, 0.5) is 0 Å². The van der Waals surface area contributed by atoms with Crippen LogP contribution in [0.25, 0.3) is 0 Å². The van der Waals surface area contributed by atoms with Gasteiger partial charge in [-0.15, -0.1) is 0 Å². The number of aromatic amines is 1. The van der Waals surface area contributed by atoms with Crippen LogP contribution in [0.3, 0.4) is 0 Å². The summed E-state index contributed by atoms with van der Waals surface area (Å²) < 4.78 is 27.7. The van der Waals surface area contributed by atoms with Gasteiger partial charge < -0.3 is 5.32 Å². The molecule has 3 rings (SSSR count). The molecule has 118 valence electrons. The molecule has 2 fully saturated rings. The smallest absolute Gasteiger partial charge is 0.257 e. The summed E-state index contributed by atoms with van der Waals surface area (Å²) in [6, 6.07) is 0. The number of rotatable bonds is 9. The van der Waals surface area contributed by atoms with Crippen molar-refractivity contribution in [3.63, 3.8) is 0 Å². The number of H-pyrrole nitrogens is 1. The maximum Gasteiger partial charge on any atom is 0.257 e. The van der Waals surface area contributed by atoms with Crippen molar-refractivity contribution >= 4 is 10.0 Å². The Bertz CT molecular complexity index is 564. The summed E-state index contributed by atoms with van der Waals surface area (Å²) in [5.41, 5.74) is 0.693. The molecule has 0 atom stereocenters. The number of hydrogen-bond acceptors (Lipinski definition) is 4. The molecule has 7 heteroatoms. The molecule has 1 heterocycles. The minimum atomic E-state index is -3.49. The fourth-order valence-electron chi connectivity index (χ4n) is 2.96. The van der Waals surface area contributed by atoms with Gasteiger partial charge in [-0.1, -0.05) is 6.92 Å². The van der Waals surface area contributed by atoms with Crippen molar-refractivity contribution in [3.8, 4) is 0 Å². The lowest BCUT2D eigenvalue weighted by molar-refractivity contribution is 0.401. The zero-order valence-corrected chi connectivity index (χ0v) is 13.2. The van der Waals surface area contributed by atoms with Crippen molar-refractivity contribution in [2.24, 2.45) is 17.8 Å². The van der Waals surface area contributed by atoms with Gasteiger partial charge >= 0.3 is 0 Å². The Morgan fingerprint density at radius 3 is 2.57 bits per heavy atom. The normalized spacial score (nSPS) is 19.3. The van der Waals surface area contributed by atoms with Crippen LogP contribution in [0.5, 0.6) is 0 Å². The largest absolute Gasteiger partial charge is 0.313 e. The van der Waals surface area contributed by atoms with Crippen molar-refractivity contribution < 1.29 is 8.42 Å². The minimum absolute atomic E-state index is 0.203. The zero-order valence-electron chi connectivity index (χ0n) is 12.4. The Morgan fingerprint density at radius 2 is 2.00 bits per heavy atom. The first kappa shape index (κ1) is 15.0. The van der Waals surface area contributed by atoms with E-state index >= 15 is 0 Å². The van der Waals surface area contributed by atoms with Crippen molar-refractivity contribution in [1.82, 2.24) is 20.2 Å². The molecule has 0 spiro atoms. The third kappa shape index (κ3) is 3.64. The van der Waals surface area contributed by atoms with Crippen molar-refractivity contribution in [2.75, 3.05) is 13.1 Å². The van der Waals surface area contributed by atoms with E-state index in [1.165, 1.54) is 25.7 Å². The standard InChI is InChI=1S/C14H24N4O2S/c1-2-15-7-12-8-16-18-14(12)21(19,20)17-9-13(10-3-4-10)11-5-6-11/h8,10-11,13,15,17H,2-7,9H2,1H3,(H,16,18). The van der Waals surface area contributed by atoms with Crippen LogP contribution in [0, 0.1) is 17.8 Å². The lowest BCUT2D eigenvalue weighted by atomic mass is 9.99. The molecule has 0 unspecified atom stereocenters. The van der Waals surface area contributed by atoms with Crippen LogP contribution in [-0.4, -0.2) is 31.7 Å². The summed E-state index contributed by atoms with van der Waals surface area (Å²) in [5, 5.41) is 9.84. The maximum atomic E-state index is 12.5. The summed E-state index contributed by atoms with van der Waals surface area (Å²) in [5.74, 6) is 2.01. The Balaban J connectivity index is 1.64. The predicted molar refractivity (Wildman–Crippen MR) is 80.1 cm³/mol. The second-order valence-corrected chi connectivity index (χ2v) is 7.90. The molecule has 6 nitrogen and oxygen atoms in total. The Kier molecular flexibility index (Phi) is 4.33. The quantitative estimate of drug-likeness (QED) is 0.640. The molecule has 2 aliphatic rings. The van der Waals surface area contributed by atoms with Gasteiger partial charge in [0.15, 0.2) is 5.03 Å². The molecule has 0 amide bonds. The van der Waals surface area contributed by atoms with E-state index in [-0.39, 0.29) is 5.03 Å². The number of nitrogens with zero attached hydrogens (tertiary/aromatic N) is 1. The SMILES string of the molecule is CCNCc1cn[nH]c1S(=O)(=O)NCC(C1CC1)C1CC1. The van der Waals surface area contributed by atoms with Gasteiger partial charge in [0.1, 0.15) is 0 Å². The van der Waals surface area contributed by atoms with Crippen LogP contribution in [0.1, 0.15) is 38.2 Å². The molecular weight excluding hydrogens is 288 g/mol. The first-order chi connectivity index (χ1) is 10.1. The van der Waals surface area contributed by atoms with Crippen LogP contribution < -0.4 is 10.0 Å². The molecule has 0 aromatic carbocycles. The van der Waals surface area contributed by atoms with E-state index in [0.29, 0.717) is 24.6 Å². The van der Waals surface area contributed by atoms with Gasteiger partial charge in [-0.05, 0) is 50.0 Å². The number of aromatic nitrogens is 2. The average molecular weight is 312 g/mol. The summed E-state index contributed by atoms with van der Waals surface area (Å²) >= 11 is 0. The van der Waals surface area contributed by atoms with Crippen molar-refractivity contribution in [3.05, 3.63) is 11.8 Å². The molecule has 1 aromatic rings. The average Bonchev–Trinajstić information content (AvgIpc) is 3.37. The first-order valence-electron chi connectivity index (χ1n) is 7.84. The van der Waals surface area contributed by atoms with Crippen molar-refractivity contribution in [1.29, 1.82) is 0 Å². The van der Waals surface area contributed by atoms with Gasteiger partial charge in [-0.3, -0.25) is 5.10 Å². The summed E-state index contributed by atoms with van der Waals surface area (Å²) in [6.45, 7) is 3.86. The van der Waals surface area contributed by atoms with Gasteiger partial charge in [0, 0.05) is 18.7 Å². The molecule has 21 heavy (non-hydrogen) atoms. The van der Waals surface area contributed by atoms with E-state index in [2.05, 4.69) is 20.2 Å². The summed E-state index contributed by atoms with van der Waals surface area (Å²) in [6.07, 6.45) is 6.63. The van der Waals surface area contributed by atoms with Gasteiger partial charge in [-0.2, -0.15) is 5.10 Å². The van der Waals surface area contributed by atoms with E-state index in [4.69, 9.17) is 0 Å². The molecule has 2 aliphatic carbocycles. The molecule has 0 aliphatic heterocycles. The second kappa shape index (κ2) is 6.06. The van der Waals surface area contributed by atoms with Crippen LogP contribution >= 0.6 is 0 Å². The van der Waals surface area contributed by atoms with E-state index < -0.39 is 10.0 Å². The van der Waals surface area contributed by atoms with E-state index in [1.54, 1.807) is 6.20 Å². The highest BCUT2D eigenvalue weighted by atomic mass is 32.2. The fourth-order valence-corrected chi connectivity index (χ4v) is 4.16. The molecule has 2 saturated carbocycles. The first-order valence-corrected chi connectivity index (χ1v) is 9.32. The highest BCUT2D eigenvalue weighted by Gasteiger charge is 2.41. The lowest BCUT2D eigenvalue weighted by Crippen LogP contribution is -2.32. The minimum Gasteiger partial charge on any atom is -0.313 e. The Morgan fingerprint density at radius 1 is 1.33 bits per heavy atom. The Hall–Kier alpha value is -0.920. The second-order valence-electron chi connectivity index (χ2n) is 6.20. The molecular formula is C14H24N4O2S. The fraction of sp³-hybridized carbons (Fsp3) is 0.786. The lowest BCUT2D eigenvalue weighted by Gasteiger charge is -2.16. The van der Waals surface area contributed by atoms with Gasteiger partial charge in [0.05, 0.1) is 6.20 Å². The molecule has 1 aromatic heterocycles. The van der Waals surface area contributed by atoms with E-state index in [1.807, 2.05) is 6.92 Å². The third-order valence-electron chi connectivity index (χ3n) is 4.48. The highest BCUT2D eigenvalue weighted by molar-refractivity contribution is 7.89. The monoisotopic (exact) mass is 312 g/mol. The van der Waals surface area contributed by atoms with Crippen LogP contribution in [-0.2, 0) is 16.6 Å². The molecule has 0 bridgehead atoms. The Labute approximate surface area is 126 Å². The highest BCUT2D eigenvalue weighted by Crippen LogP contribution is 2.48. The van der Waals surface area contributed by atoms with E-state index in [9.17, 15) is 8.42 Å². The van der Waals surface area contributed by atoms with Crippen molar-refractivity contribution in [2.45, 2.75) is 44.2 Å². The zero-order chi connectivity index (χ0) is 14.9. The summed E-state index contributed by atoms with van der Waals surface area (Å²) in [7, 11) is -3.49. The molecule has 0 saturated heterocycles. The third-order valence-corrected chi connectivity index (χ3v) is 5.91. The van der Waals surface area contributed by atoms with Gasteiger partial charge in [-0.25, -0.2) is 13.1 Å². The van der Waals surface area contributed by atoms with Crippen LogP contribution in [0.2, 0.25) is 0 Å². The topological polar surface area (TPSA) is 86.9 Å². The van der Waals surface area contributed by atoms with E-state index in [0.717, 1.165) is 18.4 Å². The maximum absolute atomic E-state index is 12.5. The molecule has 3 N–H and O–H groups in total. The molecule has 0 radical (unpaired) electrons. The number of hydrogen-bond donors (Lipinski definition) is 3. The predicted octanol–water partition coefficient (Wildman–Crippen LogP) is 1.23. The number of sulfonamides is 1. The summed E-state index contributed by atoms with van der Waals surface area (Å²) in [4.78, 5) is 0. The number of nitrogens with one attached hydrogen (secondary N) is 3. The van der Waals surface area contributed by atoms with Gasteiger partial charge in [0.25, 0.3) is 10.0 Å².